The Morgan fingerprint density at radius 2 is 1.78 bits per heavy atom. The molecule has 0 aliphatic carbocycles. The number of carbonyl (C=O) groups is 2. The highest BCUT2D eigenvalue weighted by molar-refractivity contribution is 7.52. The molecular formula is C15H27B2N2O7P. The van der Waals surface area contributed by atoms with E-state index in [1.807, 2.05) is 19.2 Å². The topological polar surface area (TPSA) is 118 Å². The van der Waals surface area contributed by atoms with E-state index in [0.29, 0.717) is 0 Å². The number of nitrogens with zero attached hydrogens (tertiary/aromatic N) is 1. The van der Waals surface area contributed by atoms with Crippen molar-refractivity contribution < 1.29 is 33.6 Å². The molecule has 27 heavy (non-hydrogen) atoms. The van der Waals surface area contributed by atoms with Gasteiger partial charge in [0.2, 0.25) is 6.41 Å². The van der Waals surface area contributed by atoms with Crippen LogP contribution in [0.2, 0.25) is 0 Å². The molecule has 0 aromatic rings. The fraction of sp³-hybridized carbons (Fsp3) is 0.600. The molecule has 0 bridgehead atoms. The van der Waals surface area contributed by atoms with Gasteiger partial charge in [0, 0.05) is 33.5 Å². The quantitative estimate of drug-likeness (QED) is 0.133. The summed E-state index contributed by atoms with van der Waals surface area (Å²) in [7, 11) is 13.3. The first kappa shape index (κ1) is 28.0. The zero-order valence-electron chi connectivity index (χ0n) is 16.3. The zero-order chi connectivity index (χ0) is 21.4. The van der Waals surface area contributed by atoms with Crippen LogP contribution in [0.3, 0.4) is 0 Å². The van der Waals surface area contributed by atoms with Gasteiger partial charge in [-0.05, 0) is 0 Å². The number of hydrogen-bond acceptors (Lipinski definition) is 8. The van der Waals surface area contributed by atoms with Crippen molar-refractivity contribution >= 4 is 36.4 Å². The standard InChI is InChI=1S/C13H21B2N2O7P.C2H6/c1-17(5-4-10(19)16-8-18)11(7-23-3)24-9(6-22-2)12(14)13(15)25(20)21;1-2/h4-5,8-9,11,20-21H,6-7H2,1-3H3,(H,16,18,19);1-2H3/b5-4-,13-12-;. The normalized spacial score (nSPS) is 14.1. The molecule has 2 unspecified atom stereocenters. The lowest BCUT2D eigenvalue weighted by molar-refractivity contribution is -0.122. The summed E-state index contributed by atoms with van der Waals surface area (Å²) in [6, 6.07) is 0. The fourth-order valence-corrected chi connectivity index (χ4v) is 1.98. The summed E-state index contributed by atoms with van der Waals surface area (Å²) >= 11 is 0. The van der Waals surface area contributed by atoms with Crippen molar-refractivity contribution in [1.82, 2.24) is 10.2 Å². The smallest absolute Gasteiger partial charge is 0.251 e. The van der Waals surface area contributed by atoms with Gasteiger partial charge in [-0.1, -0.05) is 24.5 Å². The van der Waals surface area contributed by atoms with Gasteiger partial charge >= 0.3 is 0 Å². The number of methoxy groups -OCH3 is 2. The molecule has 12 heteroatoms. The minimum atomic E-state index is -2.56. The number of amides is 2. The highest BCUT2D eigenvalue weighted by Crippen LogP contribution is 2.35. The Morgan fingerprint density at radius 1 is 1.22 bits per heavy atom. The van der Waals surface area contributed by atoms with Crippen LogP contribution in [0.15, 0.2) is 23.0 Å². The van der Waals surface area contributed by atoms with Crippen LogP contribution in [0.25, 0.3) is 0 Å². The molecule has 150 valence electrons. The van der Waals surface area contributed by atoms with Gasteiger partial charge in [-0.3, -0.25) is 14.9 Å². The summed E-state index contributed by atoms with van der Waals surface area (Å²) in [6.07, 6.45) is 1.18. The monoisotopic (exact) mass is 400 g/mol. The molecule has 9 nitrogen and oxygen atoms in total. The number of rotatable bonds is 12. The lowest BCUT2D eigenvalue weighted by Gasteiger charge is -2.31. The van der Waals surface area contributed by atoms with Crippen molar-refractivity contribution in [2.24, 2.45) is 0 Å². The first-order valence-corrected chi connectivity index (χ1v) is 9.23. The number of carbonyl (C=O) groups excluding carboxylic acids is 2. The largest absolute Gasteiger partial charge is 0.382 e. The van der Waals surface area contributed by atoms with E-state index >= 15 is 0 Å². The van der Waals surface area contributed by atoms with Crippen LogP contribution in [0.4, 0.5) is 0 Å². The minimum Gasteiger partial charge on any atom is -0.382 e. The molecule has 0 heterocycles. The van der Waals surface area contributed by atoms with Crippen LogP contribution in [0, 0.1) is 0 Å². The molecule has 0 saturated heterocycles. The number of imide groups is 1. The summed E-state index contributed by atoms with van der Waals surface area (Å²) in [4.78, 5) is 41.4. The van der Waals surface area contributed by atoms with E-state index in [2.05, 4.69) is 0 Å². The van der Waals surface area contributed by atoms with E-state index in [4.69, 9.17) is 29.9 Å². The van der Waals surface area contributed by atoms with Gasteiger partial charge in [-0.15, -0.1) is 0 Å². The van der Waals surface area contributed by atoms with E-state index in [0.717, 1.165) is 6.08 Å². The zero-order valence-corrected chi connectivity index (χ0v) is 17.2. The van der Waals surface area contributed by atoms with Crippen molar-refractivity contribution in [3.63, 3.8) is 0 Å². The third-order valence-electron chi connectivity index (χ3n) is 2.92. The van der Waals surface area contributed by atoms with Crippen LogP contribution >= 0.6 is 8.38 Å². The summed E-state index contributed by atoms with van der Waals surface area (Å²) in [5.74, 6) is -0.610. The predicted octanol–water partition coefficient (Wildman–Crippen LogP) is -0.463. The highest BCUT2D eigenvalue weighted by Gasteiger charge is 2.22. The fourth-order valence-electron chi connectivity index (χ4n) is 1.61. The molecule has 0 fully saturated rings. The molecule has 2 atom stereocenters. The Balaban J connectivity index is 0. The van der Waals surface area contributed by atoms with E-state index in [-0.39, 0.29) is 30.3 Å². The average Bonchev–Trinajstić information content (AvgIpc) is 2.65. The summed E-state index contributed by atoms with van der Waals surface area (Å²) in [6.45, 7) is 4.09. The van der Waals surface area contributed by atoms with Crippen molar-refractivity contribution in [2.75, 3.05) is 34.5 Å². The molecule has 0 aromatic carbocycles. The molecule has 3 N–H and O–H groups in total. The Bertz CT molecular complexity index is 493. The second-order valence-electron chi connectivity index (χ2n) is 4.73. The molecule has 0 aromatic heterocycles. The number of likely N-dealkylation sites (N-methyl/N-ethyl adjacent to an activating group) is 1. The van der Waals surface area contributed by atoms with Gasteiger partial charge in [0.15, 0.2) is 14.6 Å². The van der Waals surface area contributed by atoms with Crippen LogP contribution in [0.5, 0.6) is 0 Å². The SMILES string of the molecule is CC.[B]/C(=C(/[B])P(O)O)C(COC)OC(COC)N(C)/C=C\C(=O)NC=O. The molecule has 0 spiro atoms. The number of hydrogen-bond donors (Lipinski definition) is 3. The molecule has 4 radical (unpaired) electrons. The van der Waals surface area contributed by atoms with E-state index in [1.54, 1.807) is 7.05 Å². The molecule has 0 aliphatic heterocycles. The molecule has 0 aliphatic rings. The molecule has 0 saturated carbocycles. The third kappa shape index (κ3) is 12.0. The van der Waals surface area contributed by atoms with E-state index < -0.39 is 26.6 Å². The van der Waals surface area contributed by atoms with Gasteiger partial charge in [0.25, 0.3) is 5.91 Å². The summed E-state index contributed by atoms with van der Waals surface area (Å²) < 4.78 is 15.8. The Kier molecular flexibility index (Phi) is 17.5. The second kappa shape index (κ2) is 16.9. The third-order valence-corrected chi connectivity index (χ3v) is 3.61. The number of nitrogens with one attached hydrogen (secondary N) is 1. The van der Waals surface area contributed by atoms with E-state index in [9.17, 15) is 19.4 Å². The van der Waals surface area contributed by atoms with E-state index in [1.165, 1.54) is 25.3 Å². The maximum absolute atomic E-state index is 11.3. The molecule has 2 amide bonds. The van der Waals surface area contributed by atoms with Crippen molar-refractivity contribution in [1.29, 1.82) is 0 Å². The number of ether oxygens (including phenoxy) is 3. The van der Waals surface area contributed by atoms with Crippen molar-refractivity contribution in [3.8, 4) is 0 Å². The highest BCUT2D eigenvalue weighted by atomic mass is 31.2. The summed E-state index contributed by atoms with van der Waals surface area (Å²) in [5.41, 5.74) is -0.0739. The van der Waals surface area contributed by atoms with Gasteiger partial charge in [0.1, 0.15) is 15.7 Å². The predicted molar refractivity (Wildman–Crippen MR) is 105 cm³/mol. The maximum atomic E-state index is 11.3. The van der Waals surface area contributed by atoms with Crippen molar-refractivity contribution in [2.45, 2.75) is 26.2 Å². The van der Waals surface area contributed by atoms with Gasteiger partial charge in [-0.25, -0.2) is 0 Å². The van der Waals surface area contributed by atoms with Crippen molar-refractivity contribution in [3.05, 3.63) is 23.0 Å². The Labute approximate surface area is 164 Å². The summed E-state index contributed by atoms with van der Waals surface area (Å²) in [5, 5.41) is 1.66. The van der Waals surface area contributed by atoms with Crippen LogP contribution < -0.4 is 5.32 Å². The maximum Gasteiger partial charge on any atom is 0.251 e. The molecular weight excluding hydrogens is 373 g/mol. The van der Waals surface area contributed by atoms with Gasteiger partial charge in [0.05, 0.1) is 19.3 Å². The Morgan fingerprint density at radius 3 is 2.22 bits per heavy atom. The second-order valence-corrected chi connectivity index (χ2v) is 5.79. The lowest BCUT2D eigenvalue weighted by atomic mass is 9.84. The Hall–Kier alpha value is -1.22. The molecule has 0 rings (SSSR count). The van der Waals surface area contributed by atoms with Gasteiger partial charge < -0.3 is 28.9 Å². The first-order valence-electron chi connectivity index (χ1n) is 7.99. The minimum absolute atomic E-state index is 0.000890. The van der Waals surface area contributed by atoms with Gasteiger partial charge in [-0.2, -0.15) is 0 Å². The average molecular weight is 400 g/mol. The van der Waals surface area contributed by atoms with Crippen LogP contribution in [-0.2, 0) is 23.8 Å². The van der Waals surface area contributed by atoms with Crippen LogP contribution in [0.1, 0.15) is 13.8 Å². The first-order chi connectivity index (χ1) is 12.8. The van der Waals surface area contributed by atoms with Crippen LogP contribution in [-0.4, -0.2) is 89.5 Å². The lowest BCUT2D eigenvalue weighted by Crippen LogP contribution is -2.40.